The van der Waals surface area contributed by atoms with Gasteiger partial charge in [-0.3, -0.25) is 14.2 Å². The summed E-state index contributed by atoms with van der Waals surface area (Å²) >= 11 is 1.18. The lowest BCUT2D eigenvalue weighted by Crippen LogP contribution is -2.49. The van der Waals surface area contributed by atoms with Gasteiger partial charge in [0.05, 0.1) is 22.7 Å². The second-order valence-electron chi connectivity index (χ2n) is 7.04. The summed E-state index contributed by atoms with van der Waals surface area (Å²) in [6.07, 6.45) is 4.75. The first-order valence-corrected chi connectivity index (χ1v) is 10.5. The number of amides is 1. The van der Waals surface area contributed by atoms with Crippen molar-refractivity contribution in [2.24, 2.45) is 0 Å². The maximum Gasteiger partial charge on any atom is 0.262 e. The minimum atomic E-state index is -0.775. The van der Waals surface area contributed by atoms with Crippen molar-refractivity contribution in [3.8, 4) is 6.07 Å². The maximum absolute atomic E-state index is 12.8. The first kappa shape index (κ1) is 20.4. The van der Waals surface area contributed by atoms with Crippen LogP contribution in [0.25, 0.3) is 10.9 Å². The smallest absolute Gasteiger partial charge is 0.262 e. The van der Waals surface area contributed by atoms with Crippen molar-refractivity contribution in [1.82, 2.24) is 14.9 Å². The third kappa shape index (κ3) is 4.54. The molecule has 0 spiro atoms. The number of nitriles is 1. The Labute approximate surface area is 167 Å². The molecule has 1 aromatic heterocycles. The number of hydrogen-bond donors (Lipinski definition) is 2. The number of carbonyl (C=O) groups is 1. The molecule has 7 nitrogen and oxygen atoms in total. The van der Waals surface area contributed by atoms with Gasteiger partial charge >= 0.3 is 0 Å². The minimum absolute atomic E-state index is 0.0332. The molecule has 0 radical (unpaired) electrons. The Balaban J connectivity index is 1.78. The summed E-state index contributed by atoms with van der Waals surface area (Å²) in [6, 6.07) is 9.37. The Morgan fingerprint density at radius 3 is 2.79 bits per heavy atom. The molecule has 0 unspecified atom stereocenters. The SMILES string of the molecule is N#CC1(NC(=O)CSc2nc3ccccc3c(=O)n2CCCO)CCCCC1. The Bertz CT molecular complexity index is 945. The van der Waals surface area contributed by atoms with E-state index in [1.165, 1.54) is 16.3 Å². The lowest BCUT2D eigenvalue weighted by molar-refractivity contribution is -0.120. The second-order valence-corrected chi connectivity index (χ2v) is 7.98. The number of benzene rings is 1. The van der Waals surface area contributed by atoms with Crippen molar-refractivity contribution >= 4 is 28.6 Å². The number of aromatic nitrogens is 2. The van der Waals surface area contributed by atoms with Crippen LogP contribution in [0.4, 0.5) is 0 Å². The average molecular weight is 401 g/mol. The average Bonchev–Trinajstić information content (AvgIpc) is 2.72. The van der Waals surface area contributed by atoms with E-state index in [1.807, 2.05) is 6.07 Å². The highest BCUT2D eigenvalue weighted by molar-refractivity contribution is 7.99. The largest absolute Gasteiger partial charge is 0.396 e. The van der Waals surface area contributed by atoms with E-state index < -0.39 is 5.54 Å². The number of para-hydroxylation sites is 1. The lowest BCUT2D eigenvalue weighted by Gasteiger charge is -2.31. The van der Waals surface area contributed by atoms with E-state index in [0.29, 0.717) is 41.9 Å². The Morgan fingerprint density at radius 2 is 2.07 bits per heavy atom. The summed E-state index contributed by atoms with van der Waals surface area (Å²) in [4.78, 5) is 29.8. The number of carbonyl (C=O) groups excluding carboxylic acids is 1. The molecule has 3 rings (SSSR count). The van der Waals surface area contributed by atoms with Gasteiger partial charge < -0.3 is 10.4 Å². The van der Waals surface area contributed by atoms with Crippen LogP contribution in [0, 0.1) is 11.3 Å². The molecule has 0 bridgehead atoms. The van der Waals surface area contributed by atoms with Crippen LogP contribution in [0.5, 0.6) is 0 Å². The van der Waals surface area contributed by atoms with Gasteiger partial charge in [-0.15, -0.1) is 0 Å². The lowest BCUT2D eigenvalue weighted by atomic mass is 9.83. The van der Waals surface area contributed by atoms with Crippen LogP contribution in [0.15, 0.2) is 34.2 Å². The molecule has 0 aliphatic heterocycles. The van der Waals surface area contributed by atoms with Crippen molar-refractivity contribution in [2.45, 2.75) is 55.8 Å². The van der Waals surface area contributed by atoms with Gasteiger partial charge in [0.2, 0.25) is 5.91 Å². The molecule has 148 valence electrons. The van der Waals surface area contributed by atoms with Gasteiger partial charge in [0.15, 0.2) is 5.16 Å². The van der Waals surface area contributed by atoms with Gasteiger partial charge in [-0.05, 0) is 31.4 Å². The number of nitrogens with zero attached hydrogens (tertiary/aromatic N) is 3. The predicted molar refractivity (Wildman–Crippen MR) is 108 cm³/mol. The standard InChI is InChI=1S/C20H24N4O3S/c21-14-20(9-4-1-5-10-20)23-17(26)13-28-19-22-16-8-3-2-7-15(16)18(27)24(19)11-6-12-25/h2-3,7-8,25H,1,4-6,9-13H2,(H,23,26). The summed E-state index contributed by atoms with van der Waals surface area (Å²) in [5.41, 5.74) is -0.373. The first-order valence-electron chi connectivity index (χ1n) is 9.54. The third-order valence-electron chi connectivity index (χ3n) is 5.00. The fraction of sp³-hybridized carbons (Fsp3) is 0.500. The molecule has 1 aromatic carbocycles. The summed E-state index contributed by atoms with van der Waals surface area (Å²) in [6.45, 7) is 0.299. The van der Waals surface area contributed by atoms with Crippen LogP contribution in [0.3, 0.4) is 0 Å². The molecule has 0 saturated heterocycles. The molecule has 1 fully saturated rings. The van der Waals surface area contributed by atoms with Crippen LogP contribution in [-0.2, 0) is 11.3 Å². The quantitative estimate of drug-likeness (QED) is 0.545. The van der Waals surface area contributed by atoms with E-state index in [-0.39, 0.29) is 23.8 Å². The number of aliphatic hydroxyl groups excluding tert-OH is 1. The van der Waals surface area contributed by atoms with Gasteiger partial charge in [-0.2, -0.15) is 5.26 Å². The van der Waals surface area contributed by atoms with Crippen LogP contribution in [0.2, 0.25) is 0 Å². The van der Waals surface area contributed by atoms with E-state index in [0.717, 1.165) is 19.3 Å². The summed E-state index contributed by atoms with van der Waals surface area (Å²) < 4.78 is 1.51. The topological polar surface area (TPSA) is 108 Å². The van der Waals surface area contributed by atoms with Gasteiger partial charge in [0.25, 0.3) is 5.56 Å². The summed E-state index contributed by atoms with van der Waals surface area (Å²) in [5.74, 6) is -0.155. The van der Waals surface area contributed by atoms with Gasteiger partial charge in [-0.25, -0.2) is 4.98 Å². The second kappa shape index (κ2) is 9.22. The summed E-state index contributed by atoms with van der Waals surface area (Å²) in [5, 5.41) is 22.5. The van der Waals surface area contributed by atoms with Crippen LogP contribution >= 0.6 is 11.8 Å². The Hall–Kier alpha value is -2.37. The zero-order chi connectivity index (χ0) is 20.0. The van der Waals surface area contributed by atoms with Crippen molar-refractivity contribution in [3.05, 3.63) is 34.6 Å². The molecule has 1 amide bonds. The number of aliphatic hydroxyl groups is 1. The molecule has 1 aliphatic rings. The number of hydrogen-bond acceptors (Lipinski definition) is 6. The highest BCUT2D eigenvalue weighted by Crippen LogP contribution is 2.28. The van der Waals surface area contributed by atoms with Gasteiger partial charge in [-0.1, -0.05) is 43.2 Å². The number of fused-ring (bicyclic) bond motifs is 1. The molecule has 1 saturated carbocycles. The monoisotopic (exact) mass is 400 g/mol. The highest BCUT2D eigenvalue weighted by atomic mass is 32.2. The van der Waals surface area contributed by atoms with Crippen molar-refractivity contribution < 1.29 is 9.90 Å². The van der Waals surface area contributed by atoms with Crippen molar-refractivity contribution in [2.75, 3.05) is 12.4 Å². The third-order valence-corrected chi connectivity index (χ3v) is 5.98. The Kier molecular flexibility index (Phi) is 6.70. The number of rotatable bonds is 7. The molecular weight excluding hydrogens is 376 g/mol. The molecule has 8 heteroatoms. The van der Waals surface area contributed by atoms with Crippen molar-refractivity contribution in [1.29, 1.82) is 5.26 Å². The molecule has 0 atom stereocenters. The van der Waals surface area contributed by atoms with E-state index >= 15 is 0 Å². The molecule has 2 N–H and O–H groups in total. The highest BCUT2D eigenvalue weighted by Gasteiger charge is 2.33. The predicted octanol–water partition coefficient (Wildman–Crippen LogP) is 2.21. The van der Waals surface area contributed by atoms with Crippen LogP contribution in [-0.4, -0.2) is 38.5 Å². The van der Waals surface area contributed by atoms with E-state index in [4.69, 9.17) is 5.11 Å². The van der Waals surface area contributed by atoms with Gasteiger partial charge in [0, 0.05) is 13.2 Å². The van der Waals surface area contributed by atoms with Gasteiger partial charge in [0.1, 0.15) is 5.54 Å². The van der Waals surface area contributed by atoms with Crippen LogP contribution < -0.4 is 10.9 Å². The number of thioether (sulfide) groups is 1. The summed E-state index contributed by atoms with van der Waals surface area (Å²) in [7, 11) is 0. The molecule has 1 aliphatic carbocycles. The van der Waals surface area contributed by atoms with E-state index in [1.54, 1.807) is 18.2 Å². The minimum Gasteiger partial charge on any atom is -0.396 e. The molecule has 28 heavy (non-hydrogen) atoms. The van der Waals surface area contributed by atoms with E-state index in [9.17, 15) is 14.9 Å². The molecule has 2 aromatic rings. The first-order chi connectivity index (χ1) is 13.6. The fourth-order valence-corrected chi connectivity index (χ4v) is 4.36. The van der Waals surface area contributed by atoms with E-state index in [2.05, 4.69) is 16.4 Å². The van der Waals surface area contributed by atoms with Crippen LogP contribution in [0.1, 0.15) is 38.5 Å². The number of nitrogens with one attached hydrogen (secondary N) is 1. The molecule has 1 heterocycles. The fourth-order valence-electron chi connectivity index (χ4n) is 3.54. The van der Waals surface area contributed by atoms with Crippen molar-refractivity contribution in [3.63, 3.8) is 0 Å². The molecular formula is C20H24N4O3S. The normalized spacial score (nSPS) is 15.9. The Morgan fingerprint density at radius 1 is 1.32 bits per heavy atom. The zero-order valence-corrected chi connectivity index (χ0v) is 16.5. The zero-order valence-electron chi connectivity index (χ0n) is 15.7. The maximum atomic E-state index is 12.8.